The Morgan fingerprint density at radius 3 is 2.58 bits per heavy atom. The van der Waals surface area contributed by atoms with Gasteiger partial charge in [0.05, 0.1) is 5.56 Å². The van der Waals surface area contributed by atoms with Crippen molar-refractivity contribution < 1.29 is 5.11 Å². The van der Waals surface area contributed by atoms with E-state index in [0.717, 1.165) is 21.4 Å². The molecule has 2 heterocycles. The van der Waals surface area contributed by atoms with Gasteiger partial charge in [-0.2, -0.15) is 9.61 Å². The van der Waals surface area contributed by atoms with Crippen molar-refractivity contribution in [3.05, 3.63) is 30.1 Å². The summed E-state index contributed by atoms with van der Waals surface area (Å²) < 4.78 is 1.76. The van der Waals surface area contributed by atoms with Gasteiger partial charge < -0.3 is 5.11 Å². The minimum atomic E-state index is -0.122. The van der Waals surface area contributed by atoms with Crippen LogP contribution in [-0.4, -0.2) is 24.9 Å². The molecule has 0 aliphatic heterocycles. The third kappa shape index (κ3) is 1.98. The lowest BCUT2D eigenvalue weighted by molar-refractivity contribution is 0.477. The minimum Gasteiger partial charge on any atom is -0.507 e. The van der Waals surface area contributed by atoms with Crippen molar-refractivity contribution in [3.8, 4) is 16.3 Å². The number of aromatic hydroxyl groups is 1. The van der Waals surface area contributed by atoms with Gasteiger partial charge in [0.15, 0.2) is 10.8 Å². The molecule has 0 aliphatic rings. The highest BCUT2D eigenvalue weighted by molar-refractivity contribution is 7.19. The molecule has 0 saturated carbocycles. The lowest BCUT2D eigenvalue weighted by Gasteiger charge is -2.13. The summed E-state index contributed by atoms with van der Waals surface area (Å²) in [4.78, 5) is 0.739. The van der Waals surface area contributed by atoms with Crippen LogP contribution in [0.25, 0.3) is 15.5 Å². The van der Waals surface area contributed by atoms with Crippen molar-refractivity contribution in [1.82, 2.24) is 19.8 Å². The predicted octanol–water partition coefficient (Wildman–Crippen LogP) is 2.86. The molecule has 2 aromatic heterocycles. The van der Waals surface area contributed by atoms with Crippen LogP contribution in [0.2, 0.25) is 0 Å². The number of nitrogens with zero attached hydrogens (tertiary/aromatic N) is 4. The van der Waals surface area contributed by atoms with Gasteiger partial charge in [0.1, 0.15) is 5.75 Å². The monoisotopic (exact) mass is 274 g/mol. The molecule has 0 bridgehead atoms. The summed E-state index contributed by atoms with van der Waals surface area (Å²) in [5, 5.41) is 23.5. The van der Waals surface area contributed by atoms with Crippen molar-refractivity contribution in [2.24, 2.45) is 0 Å². The second-order valence-electron chi connectivity index (χ2n) is 5.39. The molecule has 1 aromatic carbocycles. The van der Waals surface area contributed by atoms with Crippen LogP contribution in [0, 0.1) is 0 Å². The lowest BCUT2D eigenvalue weighted by atomic mass is 9.96. The van der Waals surface area contributed by atoms with Crippen LogP contribution in [0.1, 0.15) is 26.6 Å². The summed E-state index contributed by atoms with van der Waals surface area (Å²) in [6.07, 6.45) is 0. The standard InChI is InChI=1S/C13H14N4OS/c1-13(2,3)11-14-15-12-17(11)16-10(19-12)8-6-4-5-7-9(8)18/h4-7,18H,1-3H3. The second kappa shape index (κ2) is 4.03. The molecule has 0 aliphatic carbocycles. The SMILES string of the molecule is CC(C)(C)c1nnc2sc(-c3ccccc3O)nn12. The first kappa shape index (κ1) is 12.1. The normalized spacial score (nSPS) is 12.2. The molecule has 0 unspecified atom stereocenters. The van der Waals surface area contributed by atoms with Gasteiger partial charge in [-0.15, -0.1) is 10.2 Å². The molecule has 6 heteroatoms. The van der Waals surface area contributed by atoms with Gasteiger partial charge in [-0.1, -0.05) is 44.2 Å². The van der Waals surface area contributed by atoms with Gasteiger partial charge in [-0.05, 0) is 12.1 Å². The first-order valence-corrected chi connectivity index (χ1v) is 6.79. The fourth-order valence-electron chi connectivity index (χ4n) is 1.85. The van der Waals surface area contributed by atoms with Crippen molar-refractivity contribution >= 4 is 16.3 Å². The second-order valence-corrected chi connectivity index (χ2v) is 6.35. The van der Waals surface area contributed by atoms with E-state index in [1.807, 2.05) is 12.1 Å². The van der Waals surface area contributed by atoms with Crippen molar-refractivity contribution in [2.45, 2.75) is 26.2 Å². The van der Waals surface area contributed by atoms with E-state index in [1.165, 1.54) is 11.3 Å². The maximum Gasteiger partial charge on any atom is 0.235 e. The van der Waals surface area contributed by atoms with Crippen molar-refractivity contribution in [2.75, 3.05) is 0 Å². The van der Waals surface area contributed by atoms with Crippen LogP contribution in [0.3, 0.4) is 0 Å². The highest BCUT2D eigenvalue weighted by Crippen LogP contribution is 2.33. The van der Waals surface area contributed by atoms with E-state index in [9.17, 15) is 5.11 Å². The first-order chi connectivity index (χ1) is 8.97. The summed E-state index contributed by atoms with van der Waals surface area (Å²) in [6.45, 7) is 6.22. The number of hydrogen-bond acceptors (Lipinski definition) is 5. The quantitative estimate of drug-likeness (QED) is 0.741. The maximum absolute atomic E-state index is 9.88. The number of hydrogen-bond donors (Lipinski definition) is 1. The number of phenolic OH excluding ortho intramolecular Hbond substituents is 1. The zero-order chi connectivity index (χ0) is 13.6. The molecule has 0 radical (unpaired) electrons. The summed E-state index contributed by atoms with van der Waals surface area (Å²) in [5.74, 6) is 1.05. The van der Waals surface area contributed by atoms with E-state index in [-0.39, 0.29) is 11.2 Å². The van der Waals surface area contributed by atoms with Crippen molar-refractivity contribution in [3.63, 3.8) is 0 Å². The Morgan fingerprint density at radius 1 is 1.16 bits per heavy atom. The fourth-order valence-corrected chi connectivity index (χ4v) is 2.72. The molecule has 0 atom stereocenters. The predicted molar refractivity (Wildman–Crippen MR) is 74.5 cm³/mol. The van der Waals surface area contributed by atoms with Gasteiger partial charge in [-0.3, -0.25) is 0 Å². The van der Waals surface area contributed by atoms with Gasteiger partial charge in [0, 0.05) is 5.41 Å². The number of fused-ring (bicyclic) bond motifs is 1. The molecule has 0 amide bonds. The van der Waals surface area contributed by atoms with Crippen LogP contribution in [0.4, 0.5) is 0 Å². The Labute approximate surface area is 114 Å². The van der Waals surface area contributed by atoms with E-state index < -0.39 is 0 Å². The lowest BCUT2D eigenvalue weighted by Crippen LogP contribution is -2.16. The molecule has 5 nitrogen and oxygen atoms in total. The molecule has 3 aromatic rings. The maximum atomic E-state index is 9.88. The Bertz CT molecular complexity index is 739. The molecular formula is C13H14N4OS. The topological polar surface area (TPSA) is 63.3 Å². The molecule has 98 valence electrons. The van der Waals surface area contributed by atoms with Crippen LogP contribution in [0.15, 0.2) is 24.3 Å². The van der Waals surface area contributed by atoms with Crippen LogP contribution in [-0.2, 0) is 5.41 Å². The Balaban J connectivity index is 2.18. The average molecular weight is 274 g/mol. The fraction of sp³-hybridized carbons (Fsp3) is 0.308. The molecular weight excluding hydrogens is 260 g/mol. The van der Waals surface area contributed by atoms with E-state index in [0.29, 0.717) is 0 Å². The highest BCUT2D eigenvalue weighted by atomic mass is 32.1. The summed E-state index contributed by atoms with van der Waals surface area (Å²) in [7, 11) is 0. The van der Waals surface area contributed by atoms with E-state index >= 15 is 0 Å². The molecule has 3 rings (SSSR count). The number of rotatable bonds is 1. The van der Waals surface area contributed by atoms with Crippen LogP contribution < -0.4 is 0 Å². The molecule has 1 N–H and O–H groups in total. The van der Waals surface area contributed by atoms with Crippen molar-refractivity contribution in [1.29, 1.82) is 0 Å². The van der Waals surface area contributed by atoms with Crippen LogP contribution >= 0.6 is 11.3 Å². The molecule has 19 heavy (non-hydrogen) atoms. The Kier molecular flexibility index (Phi) is 2.56. The van der Waals surface area contributed by atoms with Gasteiger partial charge in [-0.25, -0.2) is 0 Å². The van der Waals surface area contributed by atoms with E-state index in [2.05, 4.69) is 36.1 Å². The number of aromatic nitrogens is 4. The number of benzene rings is 1. The molecule has 0 saturated heterocycles. The van der Waals surface area contributed by atoms with Gasteiger partial charge >= 0.3 is 0 Å². The first-order valence-electron chi connectivity index (χ1n) is 5.98. The third-order valence-corrected chi connectivity index (χ3v) is 3.73. The summed E-state index contributed by atoms with van der Waals surface area (Å²) >= 11 is 1.42. The van der Waals surface area contributed by atoms with E-state index in [1.54, 1.807) is 16.6 Å². The zero-order valence-corrected chi connectivity index (χ0v) is 11.8. The zero-order valence-electron chi connectivity index (χ0n) is 11.0. The average Bonchev–Trinajstić information content (AvgIpc) is 2.86. The Morgan fingerprint density at radius 2 is 1.89 bits per heavy atom. The summed E-state index contributed by atoms with van der Waals surface area (Å²) in [6, 6.07) is 7.17. The number of para-hydroxylation sites is 1. The van der Waals surface area contributed by atoms with Crippen LogP contribution in [0.5, 0.6) is 5.75 Å². The van der Waals surface area contributed by atoms with Gasteiger partial charge in [0.25, 0.3) is 0 Å². The van der Waals surface area contributed by atoms with Gasteiger partial charge in [0.2, 0.25) is 4.96 Å². The highest BCUT2D eigenvalue weighted by Gasteiger charge is 2.23. The molecule has 0 spiro atoms. The number of phenols is 1. The Hall–Kier alpha value is -1.95. The smallest absolute Gasteiger partial charge is 0.235 e. The molecule has 0 fully saturated rings. The van der Waals surface area contributed by atoms with E-state index in [4.69, 9.17) is 0 Å². The summed E-state index contributed by atoms with van der Waals surface area (Å²) in [5.41, 5.74) is 0.599. The minimum absolute atomic E-state index is 0.122. The largest absolute Gasteiger partial charge is 0.507 e. The third-order valence-electron chi connectivity index (χ3n) is 2.80.